The monoisotopic (exact) mass is 217 g/mol. The molecule has 1 aromatic carbocycles. The molecule has 1 atom stereocenters. The smallest absolute Gasteiger partial charge is 0.408 e. The maximum absolute atomic E-state index is 11.0. The quantitative estimate of drug-likeness (QED) is 0.784. The third kappa shape index (κ3) is 1.25. The average molecular weight is 217 g/mol. The lowest BCUT2D eigenvalue weighted by Gasteiger charge is -2.08. The van der Waals surface area contributed by atoms with E-state index in [-0.39, 0.29) is 12.2 Å². The van der Waals surface area contributed by atoms with Gasteiger partial charge in [-0.2, -0.15) is 5.10 Å². The van der Waals surface area contributed by atoms with Gasteiger partial charge in [-0.1, -0.05) is 18.2 Å². The first-order valence-electron chi connectivity index (χ1n) is 5.12. The Balaban J connectivity index is 2.15. The topological polar surface area (TPSA) is 56.2 Å². The molecule has 1 aliphatic rings. The van der Waals surface area contributed by atoms with Gasteiger partial charge in [0.15, 0.2) is 6.10 Å². The van der Waals surface area contributed by atoms with E-state index in [4.69, 9.17) is 4.74 Å². The van der Waals surface area contributed by atoms with Gasteiger partial charge < -0.3 is 10.1 Å². The number of aryl methyl sites for hydroxylation is 1. The summed E-state index contributed by atoms with van der Waals surface area (Å²) in [5.41, 5.74) is 1.86. The lowest BCUT2D eigenvalue weighted by molar-refractivity contribution is 0.137. The van der Waals surface area contributed by atoms with Gasteiger partial charge in [0, 0.05) is 12.4 Å². The molecule has 1 N–H and O–H groups in total. The molecule has 16 heavy (non-hydrogen) atoms. The van der Waals surface area contributed by atoms with Gasteiger partial charge in [-0.15, -0.1) is 0 Å². The van der Waals surface area contributed by atoms with Crippen LogP contribution in [0, 0.1) is 0 Å². The number of nitrogens with one attached hydrogen (secondary N) is 1. The van der Waals surface area contributed by atoms with E-state index in [1.165, 1.54) is 0 Å². The molecule has 0 spiro atoms. The zero-order valence-corrected chi connectivity index (χ0v) is 8.80. The van der Waals surface area contributed by atoms with Crippen molar-refractivity contribution in [3.8, 4) is 0 Å². The number of amides is 1. The second kappa shape index (κ2) is 3.23. The summed E-state index contributed by atoms with van der Waals surface area (Å²) >= 11 is 0. The van der Waals surface area contributed by atoms with Crippen LogP contribution >= 0.6 is 0 Å². The van der Waals surface area contributed by atoms with Crippen molar-refractivity contribution in [2.75, 3.05) is 6.54 Å². The highest BCUT2D eigenvalue weighted by molar-refractivity contribution is 5.82. The number of rotatable bonds is 1. The van der Waals surface area contributed by atoms with Crippen LogP contribution in [0.15, 0.2) is 24.3 Å². The predicted molar refractivity (Wildman–Crippen MR) is 57.9 cm³/mol. The first kappa shape index (κ1) is 9.21. The normalized spacial score (nSPS) is 19.8. The van der Waals surface area contributed by atoms with Gasteiger partial charge in [0.1, 0.15) is 0 Å². The molecule has 82 valence electrons. The molecule has 1 fully saturated rings. The maximum Gasteiger partial charge on any atom is 0.408 e. The molecule has 1 aromatic heterocycles. The number of benzene rings is 1. The molecule has 2 heterocycles. The van der Waals surface area contributed by atoms with Gasteiger partial charge in [-0.3, -0.25) is 4.68 Å². The number of cyclic esters (lactones) is 1. The Labute approximate surface area is 92.0 Å². The fourth-order valence-electron chi connectivity index (χ4n) is 2.09. The Morgan fingerprint density at radius 2 is 2.31 bits per heavy atom. The van der Waals surface area contributed by atoms with Crippen LogP contribution in [0.1, 0.15) is 11.8 Å². The van der Waals surface area contributed by atoms with Crippen molar-refractivity contribution < 1.29 is 9.53 Å². The Hall–Kier alpha value is -2.04. The van der Waals surface area contributed by atoms with E-state index >= 15 is 0 Å². The summed E-state index contributed by atoms with van der Waals surface area (Å²) in [7, 11) is 1.86. The van der Waals surface area contributed by atoms with Gasteiger partial charge in [-0.25, -0.2) is 4.79 Å². The zero-order chi connectivity index (χ0) is 11.1. The standard InChI is InChI=1S/C11H11N3O2/c1-14-10(9-6-12-11(15)16-9)7-4-2-3-5-8(7)13-14/h2-5,9H,6H2,1H3,(H,12,15). The van der Waals surface area contributed by atoms with E-state index in [0.29, 0.717) is 6.54 Å². The van der Waals surface area contributed by atoms with Gasteiger partial charge in [0.05, 0.1) is 17.8 Å². The number of hydrogen-bond donors (Lipinski definition) is 1. The molecular weight excluding hydrogens is 206 g/mol. The second-order valence-corrected chi connectivity index (χ2v) is 3.80. The fraction of sp³-hybridized carbons (Fsp3) is 0.273. The predicted octanol–water partition coefficient (Wildman–Crippen LogP) is 1.35. The second-order valence-electron chi connectivity index (χ2n) is 3.80. The molecule has 5 heteroatoms. The Morgan fingerprint density at radius 3 is 3.06 bits per heavy atom. The van der Waals surface area contributed by atoms with E-state index in [1.807, 2.05) is 31.3 Å². The summed E-state index contributed by atoms with van der Waals surface area (Å²) < 4.78 is 6.96. The minimum Gasteiger partial charge on any atom is -0.438 e. The van der Waals surface area contributed by atoms with Gasteiger partial charge >= 0.3 is 6.09 Å². The van der Waals surface area contributed by atoms with E-state index in [2.05, 4.69) is 10.4 Å². The van der Waals surface area contributed by atoms with Crippen LogP contribution < -0.4 is 5.32 Å². The summed E-state index contributed by atoms with van der Waals surface area (Å²) in [4.78, 5) is 11.0. The molecule has 1 aliphatic heterocycles. The van der Waals surface area contributed by atoms with Crippen LogP contribution in [-0.2, 0) is 11.8 Å². The van der Waals surface area contributed by atoms with Crippen molar-refractivity contribution >= 4 is 17.0 Å². The summed E-state index contributed by atoms with van der Waals surface area (Å²) in [5, 5.41) is 8.06. The first-order chi connectivity index (χ1) is 7.75. The number of nitrogens with zero attached hydrogens (tertiary/aromatic N) is 2. The molecule has 0 aliphatic carbocycles. The van der Waals surface area contributed by atoms with Crippen molar-refractivity contribution in [2.45, 2.75) is 6.10 Å². The van der Waals surface area contributed by atoms with Crippen molar-refractivity contribution in [1.29, 1.82) is 0 Å². The SMILES string of the molecule is Cn1nc2ccccc2c1C1CNC(=O)O1. The summed E-state index contributed by atoms with van der Waals surface area (Å²) in [6.07, 6.45) is -0.611. The number of alkyl carbamates (subject to hydrolysis) is 1. The highest BCUT2D eigenvalue weighted by Crippen LogP contribution is 2.27. The number of hydrogen-bond acceptors (Lipinski definition) is 3. The fourth-order valence-corrected chi connectivity index (χ4v) is 2.09. The average Bonchev–Trinajstić information content (AvgIpc) is 2.80. The summed E-state index contributed by atoms with van der Waals surface area (Å²) in [6.45, 7) is 0.502. The van der Waals surface area contributed by atoms with Gasteiger partial charge in [-0.05, 0) is 6.07 Å². The molecule has 5 nitrogen and oxygen atoms in total. The zero-order valence-electron chi connectivity index (χ0n) is 8.80. The Morgan fingerprint density at radius 1 is 1.50 bits per heavy atom. The maximum atomic E-state index is 11.0. The Bertz CT molecular complexity index is 561. The van der Waals surface area contributed by atoms with Gasteiger partial charge in [0.2, 0.25) is 0 Å². The number of ether oxygens (including phenoxy) is 1. The van der Waals surface area contributed by atoms with Crippen LogP contribution in [0.5, 0.6) is 0 Å². The first-order valence-corrected chi connectivity index (χ1v) is 5.12. The van der Waals surface area contributed by atoms with Crippen LogP contribution in [0.2, 0.25) is 0 Å². The summed E-state index contributed by atoms with van der Waals surface area (Å²) in [6, 6.07) is 7.84. The highest BCUT2D eigenvalue weighted by atomic mass is 16.6. The van der Waals surface area contributed by atoms with Crippen LogP contribution in [0.3, 0.4) is 0 Å². The van der Waals surface area contributed by atoms with Crippen LogP contribution in [0.4, 0.5) is 4.79 Å². The van der Waals surface area contributed by atoms with Crippen molar-refractivity contribution in [3.63, 3.8) is 0 Å². The molecule has 2 aromatic rings. The van der Waals surface area contributed by atoms with Crippen molar-refractivity contribution in [3.05, 3.63) is 30.0 Å². The van der Waals surface area contributed by atoms with Gasteiger partial charge in [0.25, 0.3) is 0 Å². The number of carbonyl (C=O) groups is 1. The number of aromatic nitrogens is 2. The van der Waals surface area contributed by atoms with E-state index in [0.717, 1.165) is 16.6 Å². The minimum absolute atomic E-state index is 0.245. The molecule has 1 amide bonds. The molecular formula is C11H11N3O2. The van der Waals surface area contributed by atoms with Crippen LogP contribution in [0.25, 0.3) is 10.9 Å². The third-order valence-electron chi connectivity index (χ3n) is 2.77. The molecule has 0 bridgehead atoms. The molecule has 1 saturated heterocycles. The highest BCUT2D eigenvalue weighted by Gasteiger charge is 2.28. The lowest BCUT2D eigenvalue weighted by atomic mass is 10.1. The molecule has 0 saturated carbocycles. The summed E-state index contributed by atoms with van der Waals surface area (Å²) in [5.74, 6) is 0. The molecule has 0 radical (unpaired) electrons. The number of fused-ring (bicyclic) bond motifs is 1. The van der Waals surface area contributed by atoms with E-state index < -0.39 is 0 Å². The Kier molecular flexibility index (Phi) is 1.86. The number of carbonyl (C=O) groups excluding carboxylic acids is 1. The van der Waals surface area contributed by atoms with E-state index in [1.54, 1.807) is 4.68 Å². The molecule has 3 rings (SSSR count). The van der Waals surface area contributed by atoms with Crippen molar-refractivity contribution in [2.24, 2.45) is 7.05 Å². The van der Waals surface area contributed by atoms with Crippen LogP contribution in [-0.4, -0.2) is 22.4 Å². The lowest BCUT2D eigenvalue weighted by Crippen LogP contribution is -2.13. The van der Waals surface area contributed by atoms with Crippen molar-refractivity contribution in [1.82, 2.24) is 15.1 Å². The minimum atomic E-state index is -0.365. The largest absolute Gasteiger partial charge is 0.438 e. The third-order valence-corrected chi connectivity index (χ3v) is 2.77. The molecule has 1 unspecified atom stereocenters. The van der Waals surface area contributed by atoms with E-state index in [9.17, 15) is 4.79 Å².